The molecular formula is C9H16N4O2S. The average Bonchev–Trinajstić information content (AvgIpc) is 2.24. The fourth-order valence-corrected chi connectivity index (χ4v) is 2.06. The van der Waals surface area contributed by atoms with Crippen LogP contribution in [0.1, 0.15) is 24.6 Å². The lowest BCUT2D eigenvalue weighted by Crippen LogP contribution is -2.29. The number of nitrogens with two attached hydrogens (primary N) is 1. The van der Waals surface area contributed by atoms with Gasteiger partial charge in [0.25, 0.3) is 0 Å². The number of nitrogens with zero attached hydrogens (tertiary/aromatic N) is 2. The second-order valence-electron chi connectivity index (χ2n) is 3.63. The van der Waals surface area contributed by atoms with Crippen molar-refractivity contribution in [3.05, 3.63) is 24.3 Å². The van der Waals surface area contributed by atoms with E-state index >= 15 is 0 Å². The van der Waals surface area contributed by atoms with Crippen LogP contribution in [0.5, 0.6) is 0 Å². The number of rotatable bonds is 6. The molecule has 90 valence electrons. The molecule has 3 N–H and O–H groups in total. The lowest BCUT2D eigenvalue weighted by Gasteiger charge is -2.14. The third-order valence-electron chi connectivity index (χ3n) is 2.17. The zero-order valence-electron chi connectivity index (χ0n) is 9.13. The van der Waals surface area contributed by atoms with Gasteiger partial charge in [-0.3, -0.25) is 11.3 Å². The van der Waals surface area contributed by atoms with E-state index in [-0.39, 0.29) is 11.8 Å². The molecule has 0 radical (unpaired) electrons. The van der Waals surface area contributed by atoms with Gasteiger partial charge in [-0.1, -0.05) is 0 Å². The van der Waals surface area contributed by atoms with Crippen molar-refractivity contribution in [2.24, 2.45) is 5.84 Å². The molecule has 1 aromatic heterocycles. The molecule has 0 aromatic carbocycles. The summed E-state index contributed by atoms with van der Waals surface area (Å²) in [5.74, 6) is 5.56. The highest BCUT2D eigenvalue weighted by Crippen LogP contribution is 2.14. The van der Waals surface area contributed by atoms with E-state index in [1.165, 1.54) is 12.6 Å². The van der Waals surface area contributed by atoms with E-state index in [1.807, 2.05) is 0 Å². The maximum Gasteiger partial charge on any atom is 0.147 e. The second-order valence-corrected chi connectivity index (χ2v) is 5.89. The van der Waals surface area contributed by atoms with Gasteiger partial charge in [-0.25, -0.2) is 18.4 Å². The predicted molar refractivity (Wildman–Crippen MR) is 61.0 cm³/mol. The summed E-state index contributed by atoms with van der Waals surface area (Å²) >= 11 is 0. The number of hydrogen-bond acceptors (Lipinski definition) is 6. The molecule has 0 saturated heterocycles. The van der Waals surface area contributed by atoms with Crippen LogP contribution < -0.4 is 11.3 Å². The Bertz CT molecular complexity index is 407. The van der Waals surface area contributed by atoms with Gasteiger partial charge in [-0.05, 0) is 18.9 Å². The monoisotopic (exact) mass is 244 g/mol. The third-order valence-corrected chi connectivity index (χ3v) is 3.20. The van der Waals surface area contributed by atoms with Crippen LogP contribution >= 0.6 is 0 Å². The van der Waals surface area contributed by atoms with Gasteiger partial charge >= 0.3 is 0 Å². The lowest BCUT2D eigenvalue weighted by atomic mass is 10.1. The molecule has 0 fully saturated rings. The first-order valence-corrected chi connectivity index (χ1v) is 6.99. The van der Waals surface area contributed by atoms with Crippen molar-refractivity contribution in [3.8, 4) is 0 Å². The van der Waals surface area contributed by atoms with Crippen molar-refractivity contribution >= 4 is 9.84 Å². The standard InChI is InChI=1S/C9H16N4O2S/c1-16(14,15)6-2-3-9(13-10)8-4-5-11-7-12-8/h4-5,7,9,13H,2-3,6,10H2,1H3. The summed E-state index contributed by atoms with van der Waals surface area (Å²) in [6, 6.07) is 1.62. The number of sulfone groups is 1. The van der Waals surface area contributed by atoms with E-state index in [4.69, 9.17) is 5.84 Å². The molecule has 0 spiro atoms. The molecule has 6 nitrogen and oxygen atoms in total. The smallest absolute Gasteiger partial charge is 0.147 e. The first-order valence-electron chi connectivity index (χ1n) is 4.92. The minimum Gasteiger partial charge on any atom is -0.271 e. The summed E-state index contributed by atoms with van der Waals surface area (Å²) in [4.78, 5) is 7.87. The van der Waals surface area contributed by atoms with Crippen LogP contribution in [0, 0.1) is 0 Å². The Balaban J connectivity index is 2.51. The van der Waals surface area contributed by atoms with Gasteiger partial charge in [0.1, 0.15) is 16.2 Å². The van der Waals surface area contributed by atoms with E-state index in [1.54, 1.807) is 12.3 Å². The molecule has 1 rings (SSSR count). The summed E-state index contributed by atoms with van der Waals surface area (Å²) in [6.45, 7) is 0. The van der Waals surface area contributed by atoms with Gasteiger partial charge in [0.05, 0.1) is 11.7 Å². The minimum absolute atomic E-state index is 0.134. The molecule has 0 amide bonds. The molecule has 1 atom stereocenters. The summed E-state index contributed by atoms with van der Waals surface area (Å²) < 4.78 is 21.9. The Hall–Kier alpha value is -1.05. The molecular weight excluding hydrogens is 228 g/mol. The van der Waals surface area contributed by atoms with Gasteiger partial charge in [-0.15, -0.1) is 0 Å². The van der Waals surface area contributed by atoms with Crippen LogP contribution in [0.2, 0.25) is 0 Å². The zero-order chi connectivity index (χ0) is 12.0. The summed E-state index contributed by atoms with van der Waals surface area (Å²) in [5.41, 5.74) is 3.39. The molecule has 1 heterocycles. The quantitative estimate of drug-likeness (QED) is 0.531. The van der Waals surface area contributed by atoms with Crippen molar-refractivity contribution in [1.29, 1.82) is 0 Å². The number of nitrogens with one attached hydrogen (secondary N) is 1. The summed E-state index contributed by atoms with van der Waals surface area (Å²) in [5, 5.41) is 0. The number of hydrazine groups is 1. The maximum atomic E-state index is 11.0. The van der Waals surface area contributed by atoms with E-state index in [0.717, 1.165) is 5.69 Å². The van der Waals surface area contributed by atoms with Gasteiger partial charge in [-0.2, -0.15) is 0 Å². The Labute approximate surface area is 95.2 Å². The van der Waals surface area contributed by atoms with Crippen molar-refractivity contribution in [2.45, 2.75) is 18.9 Å². The largest absolute Gasteiger partial charge is 0.271 e. The van der Waals surface area contributed by atoms with Crippen LogP contribution in [0.15, 0.2) is 18.6 Å². The van der Waals surface area contributed by atoms with E-state index in [0.29, 0.717) is 12.8 Å². The van der Waals surface area contributed by atoms with Crippen LogP contribution in [0.4, 0.5) is 0 Å². The highest BCUT2D eigenvalue weighted by Gasteiger charge is 2.11. The second kappa shape index (κ2) is 5.88. The summed E-state index contributed by atoms with van der Waals surface area (Å²) in [7, 11) is -2.91. The van der Waals surface area contributed by atoms with Crippen molar-refractivity contribution in [2.75, 3.05) is 12.0 Å². The highest BCUT2D eigenvalue weighted by molar-refractivity contribution is 7.90. The third kappa shape index (κ3) is 4.65. The Kier molecular flexibility index (Phi) is 4.78. The SMILES string of the molecule is CS(=O)(=O)CCCC(NN)c1ccncn1. The van der Waals surface area contributed by atoms with Crippen LogP contribution in [0.25, 0.3) is 0 Å². The normalized spacial score (nSPS) is 13.6. The van der Waals surface area contributed by atoms with Crippen molar-refractivity contribution < 1.29 is 8.42 Å². The number of hydrogen-bond donors (Lipinski definition) is 2. The number of aromatic nitrogens is 2. The molecule has 0 aliphatic heterocycles. The Morgan fingerprint density at radius 3 is 2.81 bits per heavy atom. The van der Waals surface area contributed by atoms with Gasteiger partial charge in [0.2, 0.25) is 0 Å². The molecule has 7 heteroatoms. The minimum atomic E-state index is -2.91. The average molecular weight is 244 g/mol. The summed E-state index contributed by atoms with van der Waals surface area (Å²) in [6.07, 6.45) is 5.47. The van der Waals surface area contributed by atoms with E-state index in [2.05, 4.69) is 15.4 Å². The maximum absolute atomic E-state index is 11.0. The zero-order valence-corrected chi connectivity index (χ0v) is 9.94. The fraction of sp³-hybridized carbons (Fsp3) is 0.556. The van der Waals surface area contributed by atoms with Crippen molar-refractivity contribution in [1.82, 2.24) is 15.4 Å². The molecule has 1 aromatic rings. The molecule has 1 unspecified atom stereocenters. The van der Waals surface area contributed by atoms with E-state index < -0.39 is 9.84 Å². The van der Waals surface area contributed by atoms with Crippen LogP contribution in [-0.4, -0.2) is 30.4 Å². The molecule has 0 saturated carbocycles. The predicted octanol–water partition coefficient (Wildman–Crippen LogP) is -0.194. The molecule has 0 aliphatic rings. The first-order chi connectivity index (χ1) is 7.53. The molecule has 16 heavy (non-hydrogen) atoms. The molecule has 0 bridgehead atoms. The van der Waals surface area contributed by atoms with E-state index in [9.17, 15) is 8.42 Å². The van der Waals surface area contributed by atoms with Crippen LogP contribution in [-0.2, 0) is 9.84 Å². The topological polar surface area (TPSA) is 98.0 Å². The van der Waals surface area contributed by atoms with Gasteiger partial charge < -0.3 is 0 Å². The first kappa shape index (κ1) is 13.0. The molecule has 0 aliphatic carbocycles. The van der Waals surface area contributed by atoms with Gasteiger partial charge in [0, 0.05) is 18.2 Å². The Morgan fingerprint density at radius 2 is 2.31 bits per heavy atom. The fourth-order valence-electron chi connectivity index (χ4n) is 1.37. The van der Waals surface area contributed by atoms with Gasteiger partial charge in [0.15, 0.2) is 0 Å². The van der Waals surface area contributed by atoms with Crippen LogP contribution in [0.3, 0.4) is 0 Å². The lowest BCUT2D eigenvalue weighted by molar-refractivity contribution is 0.496. The Morgan fingerprint density at radius 1 is 1.56 bits per heavy atom. The highest BCUT2D eigenvalue weighted by atomic mass is 32.2. The van der Waals surface area contributed by atoms with Crippen molar-refractivity contribution in [3.63, 3.8) is 0 Å².